The number of rotatable bonds is 0. The van der Waals surface area contributed by atoms with Crippen molar-refractivity contribution in [2.45, 2.75) is 6.92 Å². The molecule has 0 fully saturated rings. The number of nitrogens with two attached hydrogens (primary N) is 1. The molecule has 1 rings (SSSR count). The summed E-state index contributed by atoms with van der Waals surface area (Å²) in [5.41, 5.74) is 6.53. The maximum absolute atomic E-state index is 12.5. The van der Waals surface area contributed by atoms with Gasteiger partial charge in [0.15, 0.2) is 0 Å². The van der Waals surface area contributed by atoms with Gasteiger partial charge in [0, 0.05) is 0 Å². The first-order valence-corrected chi connectivity index (χ1v) is 3.21. The lowest BCUT2D eigenvalue weighted by Gasteiger charge is -2.01. The van der Waals surface area contributed by atoms with Crippen molar-refractivity contribution in [3.63, 3.8) is 0 Å². The fourth-order valence-corrected chi connectivity index (χ4v) is 0.875. The fourth-order valence-electron chi connectivity index (χ4n) is 0.663. The van der Waals surface area contributed by atoms with Crippen LogP contribution in [0.2, 0.25) is 5.02 Å². The molecule has 0 saturated carbocycles. The van der Waals surface area contributed by atoms with Gasteiger partial charge in [-0.15, -0.1) is 0 Å². The molecule has 0 aliphatic heterocycles. The minimum absolute atomic E-state index is 0.0139. The van der Waals surface area contributed by atoms with Crippen LogP contribution in [0.3, 0.4) is 0 Å². The molecule has 0 amide bonds. The van der Waals surface area contributed by atoms with E-state index in [1.165, 1.54) is 6.07 Å². The average molecular weight is 160 g/mol. The molecule has 54 valence electrons. The summed E-state index contributed by atoms with van der Waals surface area (Å²) in [5, 5.41) is 0.0139. The molecule has 0 unspecified atom stereocenters. The quantitative estimate of drug-likeness (QED) is 0.578. The van der Waals surface area contributed by atoms with Gasteiger partial charge in [0.05, 0.1) is 10.7 Å². The fraction of sp³-hybridized carbons (Fsp3) is 0.143. The second-order valence-electron chi connectivity index (χ2n) is 2.09. The van der Waals surface area contributed by atoms with Gasteiger partial charge in [-0.25, -0.2) is 4.39 Å². The highest BCUT2D eigenvalue weighted by molar-refractivity contribution is 6.33. The highest BCUT2D eigenvalue weighted by atomic mass is 35.5. The van der Waals surface area contributed by atoms with Gasteiger partial charge in [-0.05, 0) is 18.6 Å². The van der Waals surface area contributed by atoms with Gasteiger partial charge >= 0.3 is 0 Å². The maximum Gasteiger partial charge on any atom is 0.143 e. The molecule has 0 aromatic heterocycles. The highest BCUT2D eigenvalue weighted by Gasteiger charge is 2.04. The zero-order valence-corrected chi connectivity index (χ0v) is 6.24. The Morgan fingerprint density at radius 2 is 2.10 bits per heavy atom. The van der Waals surface area contributed by atoms with Crippen molar-refractivity contribution in [3.8, 4) is 0 Å². The van der Waals surface area contributed by atoms with Crippen molar-refractivity contribution in [1.82, 2.24) is 0 Å². The lowest BCUT2D eigenvalue weighted by Crippen LogP contribution is -1.92. The smallest absolute Gasteiger partial charge is 0.143 e. The Labute approximate surface area is 63.6 Å². The van der Waals surface area contributed by atoms with Crippen LogP contribution in [-0.4, -0.2) is 0 Å². The zero-order chi connectivity index (χ0) is 7.72. The summed E-state index contributed by atoms with van der Waals surface area (Å²) < 4.78 is 12.5. The van der Waals surface area contributed by atoms with Crippen molar-refractivity contribution in [1.29, 1.82) is 0 Å². The third-order valence-electron chi connectivity index (χ3n) is 1.35. The van der Waals surface area contributed by atoms with E-state index in [1.807, 2.05) is 0 Å². The molecule has 1 nitrogen and oxygen atoms in total. The van der Waals surface area contributed by atoms with Gasteiger partial charge < -0.3 is 5.73 Å². The number of anilines is 1. The molecule has 0 aliphatic rings. The lowest BCUT2D eigenvalue weighted by molar-refractivity contribution is 0.628. The number of nitrogen functional groups attached to an aromatic ring is 1. The number of halogens is 2. The van der Waals surface area contributed by atoms with Crippen molar-refractivity contribution in [3.05, 3.63) is 28.5 Å². The topological polar surface area (TPSA) is 26.0 Å². The number of aryl methyl sites for hydroxylation is 1. The Morgan fingerprint density at radius 1 is 1.50 bits per heavy atom. The van der Waals surface area contributed by atoms with Crippen molar-refractivity contribution in [2.75, 3.05) is 5.73 Å². The third kappa shape index (κ3) is 1.07. The summed E-state index contributed by atoms with van der Waals surface area (Å²) >= 11 is 5.48. The zero-order valence-electron chi connectivity index (χ0n) is 5.49. The first-order valence-electron chi connectivity index (χ1n) is 2.83. The molecular weight excluding hydrogens is 153 g/mol. The van der Waals surface area contributed by atoms with Gasteiger partial charge in [0.1, 0.15) is 5.82 Å². The van der Waals surface area contributed by atoms with Crippen LogP contribution in [0, 0.1) is 12.7 Å². The third-order valence-corrected chi connectivity index (χ3v) is 1.73. The standard InChI is InChI=1S/C7H7ClFN/c1-4-2-3-5(9)6(8)7(4)10/h2-3H,10H2,1H3. The largest absolute Gasteiger partial charge is 0.397 e. The SMILES string of the molecule is Cc1ccc(F)c(Cl)c1N. The summed E-state index contributed by atoms with van der Waals surface area (Å²) in [6.45, 7) is 1.78. The van der Waals surface area contributed by atoms with Crippen LogP contribution in [0.25, 0.3) is 0 Å². The number of hydrogen-bond donors (Lipinski definition) is 1. The molecule has 1 aromatic rings. The van der Waals surface area contributed by atoms with Gasteiger partial charge in [0.2, 0.25) is 0 Å². The molecule has 0 heterocycles. The Hall–Kier alpha value is -0.760. The van der Waals surface area contributed by atoms with Crippen molar-refractivity contribution < 1.29 is 4.39 Å². The molecule has 10 heavy (non-hydrogen) atoms. The molecular formula is C7H7ClFN. The van der Waals surface area contributed by atoms with Crippen molar-refractivity contribution in [2.24, 2.45) is 0 Å². The van der Waals surface area contributed by atoms with E-state index in [4.69, 9.17) is 17.3 Å². The second-order valence-corrected chi connectivity index (χ2v) is 2.47. The summed E-state index contributed by atoms with van der Waals surface area (Å²) in [6.07, 6.45) is 0. The Bertz CT molecular complexity index is 233. The van der Waals surface area contributed by atoms with Crippen molar-refractivity contribution >= 4 is 17.3 Å². The van der Waals surface area contributed by atoms with E-state index in [0.29, 0.717) is 5.69 Å². The van der Waals surface area contributed by atoms with E-state index in [2.05, 4.69) is 0 Å². The lowest BCUT2D eigenvalue weighted by atomic mass is 10.2. The minimum Gasteiger partial charge on any atom is -0.397 e. The predicted molar refractivity (Wildman–Crippen MR) is 40.6 cm³/mol. The summed E-state index contributed by atoms with van der Waals surface area (Å²) in [5.74, 6) is -0.468. The predicted octanol–water partition coefficient (Wildman–Crippen LogP) is 2.37. The van der Waals surface area contributed by atoms with Crippen LogP contribution in [0.5, 0.6) is 0 Å². The summed E-state index contributed by atoms with van der Waals surface area (Å²) in [4.78, 5) is 0. The van der Waals surface area contributed by atoms with Gasteiger partial charge in [-0.2, -0.15) is 0 Å². The molecule has 0 atom stereocenters. The Kier molecular flexibility index (Phi) is 1.81. The van der Waals surface area contributed by atoms with E-state index in [9.17, 15) is 4.39 Å². The first kappa shape index (κ1) is 7.35. The van der Waals surface area contributed by atoms with E-state index < -0.39 is 5.82 Å². The second kappa shape index (κ2) is 2.46. The Balaban J connectivity index is 3.34. The molecule has 0 saturated heterocycles. The summed E-state index contributed by atoms with van der Waals surface area (Å²) in [7, 11) is 0. The van der Waals surface area contributed by atoms with Gasteiger partial charge in [-0.1, -0.05) is 17.7 Å². The van der Waals surface area contributed by atoms with E-state index in [0.717, 1.165) is 5.56 Å². The Morgan fingerprint density at radius 3 is 2.60 bits per heavy atom. The van der Waals surface area contributed by atoms with Crippen LogP contribution < -0.4 is 5.73 Å². The summed E-state index contributed by atoms with van der Waals surface area (Å²) in [6, 6.07) is 2.89. The van der Waals surface area contributed by atoms with Crippen LogP contribution in [0.1, 0.15) is 5.56 Å². The highest BCUT2D eigenvalue weighted by Crippen LogP contribution is 2.24. The molecule has 3 heteroatoms. The monoisotopic (exact) mass is 159 g/mol. The maximum atomic E-state index is 12.5. The van der Waals surface area contributed by atoms with Crippen LogP contribution in [0.15, 0.2) is 12.1 Å². The normalized spacial score (nSPS) is 9.90. The van der Waals surface area contributed by atoms with E-state index in [-0.39, 0.29) is 5.02 Å². The molecule has 0 bridgehead atoms. The van der Waals surface area contributed by atoms with E-state index >= 15 is 0 Å². The van der Waals surface area contributed by atoms with E-state index in [1.54, 1.807) is 13.0 Å². The van der Waals surface area contributed by atoms with Crippen LogP contribution in [0.4, 0.5) is 10.1 Å². The molecule has 0 aliphatic carbocycles. The first-order chi connectivity index (χ1) is 4.63. The number of hydrogen-bond acceptors (Lipinski definition) is 1. The minimum atomic E-state index is -0.468. The number of benzene rings is 1. The average Bonchev–Trinajstić information content (AvgIpc) is 1.93. The molecule has 0 radical (unpaired) electrons. The molecule has 0 spiro atoms. The molecule has 1 aromatic carbocycles. The van der Waals surface area contributed by atoms with Gasteiger partial charge in [-0.3, -0.25) is 0 Å². The van der Waals surface area contributed by atoms with Crippen LogP contribution >= 0.6 is 11.6 Å². The van der Waals surface area contributed by atoms with Gasteiger partial charge in [0.25, 0.3) is 0 Å². The molecule has 2 N–H and O–H groups in total. The van der Waals surface area contributed by atoms with Crippen LogP contribution in [-0.2, 0) is 0 Å².